The number of hydrogen-bond donors (Lipinski definition) is 0. The van der Waals surface area contributed by atoms with Crippen LogP contribution in [0.15, 0.2) is 0 Å². The van der Waals surface area contributed by atoms with Crippen molar-refractivity contribution in [2.45, 2.75) is 38.3 Å². The molecule has 0 aromatic rings. The number of methoxy groups -OCH3 is 1. The van der Waals surface area contributed by atoms with Gasteiger partial charge in [0.2, 0.25) is 0 Å². The fourth-order valence-corrected chi connectivity index (χ4v) is 1.83. The molecule has 1 fully saturated rings. The van der Waals surface area contributed by atoms with Crippen LogP contribution in [0.4, 0.5) is 4.39 Å². The molecule has 4 heteroatoms. The maximum absolute atomic E-state index is 13.7. The predicted octanol–water partition coefficient (Wildman–Crippen LogP) is 1.65. The summed E-state index contributed by atoms with van der Waals surface area (Å²) in [5.74, 6) is -0.959. The summed E-state index contributed by atoms with van der Waals surface area (Å²) in [5.41, 5.74) is -1.70. The van der Waals surface area contributed by atoms with Crippen molar-refractivity contribution in [3.05, 3.63) is 0 Å². The number of Topliss-reactive ketones (excluding diaryl/α,β-unsaturated/α-hetero) is 1. The van der Waals surface area contributed by atoms with Crippen molar-refractivity contribution < 1.29 is 18.7 Å². The topological polar surface area (TPSA) is 43.4 Å². The van der Waals surface area contributed by atoms with Crippen molar-refractivity contribution in [1.82, 2.24) is 0 Å². The Bertz CT molecular complexity index is 242. The average molecular weight is 202 g/mol. The summed E-state index contributed by atoms with van der Waals surface area (Å²) in [6.45, 7) is 1.26. The van der Waals surface area contributed by atoms with Gasteiger partial charge in [-0.15, -0.1) is 0 Å². The van der Waals surface area contributed by atoms with E-state index in [4.69, 9.17) is 0 Å². The molecule has 0 heterocycles. The van der Waals surface area contributed by atoms with Crippen LogP contribution in [0.25, 0.3) is 0 Å². The molecule has 0 radical (unpaired) electrons. The summed E-state index contributed by atoms with van der Waals surface area (Å²) >= 11 is 0. The Hall–Kier alpha value is -0.930. The number of halogens is 1. The highest BCUT2D eigenvalue weighted by Crippen LogP contribution is 2.36. The van der Waals surface area contributed by atoms with Gasteiger partial charge in [-0.1, -0.05) is 0 Å². The Morgan fingerprint density at radius 2 is 1.86 bits per heavy atom. The summed E-state index contributed by atoms with van der Waals surface area (Å²) in [4.78, 5) is 22.1. The van der Waals surface area contributed by atoms with E-state index < -0.39 is 11.5 Å². The summed E-state index contributed by atoms with van der Waals surface area (Å²) in [5, 5.41) is 0. The lowest BCUT2D eigenvalue weighted by molar-refractivity contribution is -0.149. The minimum atomic E-state index is -1.70. The first-order valence-electron chi connectivity index (χ1n) is 4.77. The maximum atomic E-state index is 13.7. The zero-order valence-electron chi connectivity index (χ0n) is 8.51. The molecular formula is C10H15FO3. The van der Waals surface area contributed by atoms with E-state index in [1.165, 1.54) is 14.0 Å². The second-order valence-corrected chi connectivity index (χ2v) is 3.82. The predicted molar refractivity (Wildman–Crippen MR) is 48.5 cm³/mol. The molecule has 3 nitrogen and oxygen atoms in total. The van der Waals surface area contributed by atoms with Crippen LogP contribution in [0.5, 0.6) is 0 Å². The van der Waals surface area contributed by atoms with Crippen LogP contribution in [0.1, 0.15) is 32.6 Å². The van der Waals surface area contributed by atoms with Gasteiger partial charge >= 0.3 is 5.97 Å². The molecular weight excluding hydrogens is 187 g/mol. The largest absolute Gasteiger partial charge is 0.469 e. The lowest BCUT2D eigenvalue weighted by Gasteiger charge is -2.30. The molecule has 0 atom stereocenters. The highest BCUT2D eigenvalue weighted by molar-refractivity contribution is 5.85. The van der Waals surface area contributed by atoms with Gasteiger partial charge in [0.05, 0.1) is 13.0 Å². The molecule has 0 unspecified atom stereocenters. The smallest absolute Gasteiger partial charge is 0.308 e. The van der Waals surface area contributed by atoms with Gasteiger partial charge in [-0.25, -0.2) is 4.39 Å². The highest BCUT2D eigenvalue weighted by Gasteiger charge is 2.41. The molecule has 1 aliphatic carbocycles. The third-order valence-electron chi connectivity index (χ3n) is 2.94. The van der Waals surface area contributed by atoms with Gasteiger partial charge in [0.1, 0.15) is 0 Å². The third kappa shape index (κ3) is 2.11. The number of ketones is 1. The van der Waals surface area contributed by atoms with Crippen molar-refractivity contribution in [3.63, 3.8) is 0 Å². The van der Waals surface area contributed by atoms with Crippen LogP contribution in [0, 0.1) is 5.92 Å². The number of esters is 1. The van der Waals surface area contributed by atoms with Crippen LogP contribution in [0.3, 0.4) is 0 Å². The van der Waals surface area contributed by atoms with E-state index in [-0.39, 0.29) is 24.7 Å². The van der Waals surface area contributed by atoms with Crippen molar-refractivity contribution in [2.75, 3.05) is 7.11 Å². The van der Waals surface area contributed by atoms with Gasteiger partial charge < -0.3 is 4.74 Å². The van der Waals surface area contributed by atoms with Crippen LogP contribution in [-0.2, 0) is 14.3 Å². The Morgan fingerprint density at radius 1 is 1.36 bits per heavy atom. The number of rotatable bonds is 2. The summed E-state index contributed by atoms with van der Waals surface area (Å²) in [6.07, 6.45) is 1.09. The maximum Gasteiger partial charge on any atom is 0.308 e. The van der Waals surface area contributed by atoms with Crippen molar-refractivity contribution in [3.8, 4) is 0 Å². The number of carbonyl (C=O) groups excluding carboxylic acids is 2. The zero-order chi connectivity index (χ0) is 10.8. The first kappa shape index (κ1) is 11.1. The molecule has 1 saturated carbocycles. The van der Waals surface area contributed by atoms with E-state index in [9.17, 15) is 14.0 Å². The van der Waals surface area contributed by atoms with E-state index in [2.05, 4.69) is 4.74 Å². The molecule has 0 aliphatic heterocycles. The third-order valence-corrected chi connectivity index (χ3v) is 2.94. The Kier molecular flexibility index (Phi) is 3.24. The van der Waals surface area contributed by atoms with Crippen molar-refractivity contribution in [1.29, 1.82) is 0 Å². The second-order valence-electron chi connectivity index (χ2n) is 3.82. The molecule has 0 amide bonds. The fourth-order valence-electron chi connectivity index (χ4n) is 1.83. The van der Waals surface area contributed by atoms with Gasteiger partial charge in [0.25, 0.3) is 0 Å². The zero-order valence-corrected chi connectivity index (χ0v) is 8.51. The van der Waals surface area contributed by atoms with Crippen LogP contribution >= 0.6 is 0 Å². The molecule has 0 spiro atoms. The van der Waals surface area contributed by atoms with E-state index in [1.54, 1.807) is 0 Å². The van der Waals surface area contributed by atoms with Gasteiger partial charge in [0.15, 0.2) is 11.5 Å². The Labute approximate surface area is 82.6 Å². The SMILES string of the molecule is COC(=O)[C@H]1CC[C@](F)(C(C)=O)CC1. The lowest BCUT2D eigenvalue weighted by Crippen LogP contribution is -2.38. The number of carbonyl (C=O) groups is 2. The summed E-state index contributed by atoms with van der Waals surface area (Å²) in [7, 11) is 1.32. The standard InChI is InChI=1S/C10H15FO3/c1-7(12)10(11)5-3-8(4-6-10)9(13)14-2/h8H,3-6H2,1-2H3/t8-,10+. The molecule has 0 N–H and O–H groups in total. The van der Waals surface area contributed by atoms with Crippen LogP contribution in [0.2, 0.25) is 0 Å². The van der Waals surface area contributed by atoms with Crippen LogP contribution in [-0.4, -0.2) is 24.5 Å². The molecule has 0 aromatic carbocycles. The molecule has 1 aliphatic rings. The average Bonchev–Trinajstić information content (AvgIpc) is 2.17. The van der Waals surface area contributed by atoms with Gasteiger partial charge in [-0.2, -0.15) is 0 Å². The fraction of sp³-hybridized carbons (Fsp3) is 0.800. The first-order valence-corrected chi connectivity index (χ1v) is 4.77. The Morgan fingerprint density at radius 3 is 2.21 bits per heavy atom. The minimum Gasteiger partial charge on any atom is -0.469 e. The lowest BCUT2D eigenvalue weighted by atomic mass is 9.78. The number of alkyl halides is 1. The molecule has 0 saturated heterocycles. The number of hydrogen-bond acceptors (Lipinski definition) is 3. The van der Waals surface area contributed by atoms with E-state index >= 15 is 0 Å². The van der Waals surface area contributed by atoms with Gasteiger partial charge in [0, 0.05) is 0 Å². The van der Waals surface area contributed by atoms with Gasteiger partial charge in [-0.3, -0.25) is 9.59 Å². The van der Waals surface area contributed by atoms with Crippen LogP contribution < -0.4 is 0 Å². The molecule has 0 aromatic heterocycles. The van der Waals surface area contributed by atoms with Gasteiger partial charge in [-0.05, 0) is 32.6 Å². The number of ether oxygens (including phenoxy) is 1. The normalized spacial score (nSPS) is 32.4. The monoisotopic (exact) mass is 202 g/mol. The molecule has 14 heavy (non-hydrogen) atoms. The quantitative estimate of drug-likeness (QED) is 0.639. The molecule has 0 bridgehead atoms. The molecule has 80 valence electrons. The summed E-state index contributed by atoms with van der Waals surface area (Å²) < 4.78 is 18.3. The van der Waals surface area contributed by atoms with E-state index in [0.29, 0.717) is 12.8 Å². The summed E-state index contributed by atoms with van der Waals surface area (Å²) in [6, 6.07) is 0. The second kappa shape index (κ2) is 4.07. The molecule has 1 rings (SSSR count). The van der Waals surface area contributed by atoms with E-state index in [1.807, 2.05) is 0 Å². The van der Waals surface area contributed by atoms with E-state index in [0.717, 1.165) is 0 Å². The minimum absolute atomic E-state index is 0.141. The first-order chi connectivity index (χ1) is 6.49. The Balaban J connectivity index is 2.54. The van der Waals surface area contributed by atoms with Crippen molar-refractivity contribution in [2.24, 2.45) is 5.92 Å². The van der Waals surface area contributed by atoms with Crippen molar-refractivity contribution >= 4 is 11.8 Å². The highest BCUT2D eigenvalue weighted by atomic mass is 19.1.